The molecule has 0 bridgehead atoms. The van der Waals surface area contributed by atoms with Crippen LogP contribution in [0, 0.1) is 0 Å². The summed E-state index contributed by atoms with van der Waals surface area (Å²) in [6.45, 7) is 1.99. The molecule has 137 heavy (non-hydrogen) atoms. The molecular weight excluding hydrogens is 1830 g/mol. The number of likely N-dealkylation sites (tertiary alicyclic amines) is 1. The summed E-state index contributed by atoms with van der Waals surface area (Å²) in [4.78, 5) is 293. The van der Waals surface area contributed by atoms with Crippen LogP contribution in [0.3, 0.4) is 0 Å². The van der Waals surface area contributed by atoms with Crippen molar-refractivity contribution in [3.63, 3.8) is 0 Å². The molecule has 1 fully saturated rings. The number of carbonyl (C=O) groups excluding carboxylic acids is 16. The van der Waals surface area contributed by atoms with Crippen LogP contribution >= 0.6 is 11.8 Å². The van der Waals surface area contributed by atoms with Gasteiger partial charge in [-0.05, 0) is 107 Å². The van der Waals surface area contributed by atoms with Gasteiger partial charge >= 0.3 is 53.8 Å². The number of hydrogen-bond acceptors (Lipinski definition) is 27. The van der Waals surface area contributed by atoms with Crippen molar-refractivity contribution in [3.05, 3.63) is 71.8 Å². The molecule has 0 saturated carbocycles. The zero-order valence-electron chi connectivity index (χ0n) is 76.0. The lowest BCUT2D eigenvalue weighted by molar-refractivity contribution is -0.166. The van der Waals surface area contributed by atoms with E-state index in [0.29, 0.717) is 135 Å². The molecule has 1 saturated heterocycles. The third-order valence-electron chi connectivity index (χ3n) is 20.8. The van der Waals surface area contributed by atoms with Gasteiger partial charge in [-0.1, -0.05) is 79.9 Å². The Hall–Kier alpha value is -13.7. The van der Waals surface area contributed by atoms with Gasteiger partial charge in [0.1, 0.15) is 48.3 Å². The Morgan fingerprint density at radius 1 is 0.350 bits per heavy atom. The first-order valence-electron chi connectivity index (χ1n) is 44.8. The highest BCUT2D eigenvalue weighted by Gasteiger charge is 2.41. The monoisotopic (exact) mass is 1960 g/mol. The minimum absolute atomic E-state index is 0.00485. The van der Waals surface area contributed by atoms with Gasteiger partial charge in [-0.15, -0.1) is 11.8 Å². The molecular formula is C86H127N17O33S. The lowest BCUT2D eigenvalue weighted by Crippen LogP contribution is -2.60. The average Bonchev–Trinajstić information content (AvgIpc) is 1.72. The zero-order valence-corrected chi connectivity index (χ0v) is 76.8. The topological polar surface area (TPSA) is 764 Å². The number of amides is 18. The molecule has 1 heterocycles. The molecule has 1 unspecified atom stereocenters. The molecule has 18 amide bonds. The SMILES string of the molecule is CC(=O)N(O)CCCCCNC(=O)CCC(=O)N(O)CCCCCNC(=O)CCC(=O)N(O)CCCCCNC(=O)CCN1C(=O)CC(SC[C@H](NC(=O)[C@H](CC(=O)O)NC(=O)[C@H](CC(=O)O)NC(=O)[C@H](CC(=O)O)NC(=O)[C@H](Cc2ccccc2)NC(=O)[C@H](Cc2ccccc2)NC(=O)CCCCCCCNC(=O)NCCCC[C@H](NC(=O)N[C@@H](CCC(=O)O)C(=O)O)C(=O)O)C(=O)O)C1=O. The highest BCUT2D eigenvalue weighted by molar-refractivity contribution is 8.00. The number of hydroxylamine groups is 6. The van der Waals surface area contributed by atoms with Gasteiger partial charge in [0.25, 0.3) is 0 Å². The van der Waals surface area contributed by atoms with Crippen LogP contribution in [0.1, 0.15) is 204 Å². The predicted molar refractivity (Wildman–Crippen MR) is 478 cm³/mol. The fourth-order valence-corrected chi connectivity index (χ4v) is 14.5. The van der Waals surface area contributed by atoms with Gasteiger partial charge in [-0.25, -0.2) is 39.2 Å². The molecule has 0 radical (unpaired) electrons. The van der Waals surface area contributed by atoms with Gasteiger partial charge in [-0.2, -0.15) is 0 Å². The van der Waals surface area contributed by atoms with E-state index in [0.717, 1.165) is 4.90 Å². The van der Waals surface area contributed by atoms with E-state index in [9.17, 15) is 157 Å². The summed E-state index contributed by atoms with van der Waals surface area (Å²) >= 11 is 0.585. The molecule has 1 aliphatic heterocycles. The number of carboxylic acid groups (broad SMARTS) is 7. The molecule has 0 spiro atoms. The molecule has 51 heteroatoms. The number of aliphatic carboxylic acids is 7. The largest absolute Gasteiger partial charge is 0.481 e. The molecule has 3 rings (SSSR count). The van der Waals surface area contributed by atoms with Gasteiger partial charge < -0.3 is 105 Å². The highest BCUT2D eigenvalue weighted by atomic mass is 32.2. The lowest BCUT2D eigenvalue weighted by Gasteiger charge is -2.27. The first-order chi connectivity index (χ1) is 65.0. The van der Waals surface area contributed by atoms with Gasteiger partial charge in [0.05, 0.1) is 24.5 Å². The number of urea groups is 2. The van der Waals surface area contributed by atoms with Crippen LogP contribution < -0.4 is 69.1 Å². The average molecular weight is 1960 g/mol. The van der Waals surface area contributed by atoms with Crippen LogP contribution in [-0.2, 0) is 114 Å². The molecule has 23 N–H and O–H groups in total. The number of nitrogens with zero attached hydrogens (tertiary/aromatic N) is 4. The number of benzene rings is 2. The Bertz CT molecular complexity index is 4390. The third kappa shape index (κ3) is 51.5. The third-order valence-corrected chi connectivity index (χ3v) is 22.1. The molecule has 50 nitrogen and oxygen atoms in total. The van der Waals surface area contributed by atoms with Crippen molar-refractivity contribution in [2.24, 2.45) is 0 Å². The first kappa shape index (κ1) is 117. The molecule has 760 valence electrons. The maximum Gasteiger partial charge on any atom is 0.327 e. The normalized spacial score (nSPS) is 13.8. The van der Waals surface area contributed by atoms with E-state index >= 15 is 0 Å². The van der Waals surface area contributed by atoms with Crippen LogP contribution in [0.2, 0.25) is 0 Å². The van der Waals surface area contributed by atoms with Crippen LogP contribution in [-0.4, -0.2) is 326 Å². The Balaban J connectivity index is 1.49. The van der Waals surface area contributed by atoms with E-state index in [1.807, 2.05) is 21.3 Å². The van der Waals surface area contributed by atoms with Crippen molar-refractivity contribution in [1.29, 1.82) is 0 Å². The van der Waals surface area contributed by atoms with E-state index in [1.165, 1.54) is 6.92 Å². The number of imide groups is 1. The van der Waals surface area contributed by atoms with Crippen molar-refractivity contribution < 1.29 is 162 Å². The second-order valence-electron chi connectivity index (χ2n) is 32.0. The number of hydrogen-bond donors (Lipinski definition) is 23. The maximum atomic E-state index is 14.5. The van der Waals surface area contributed by atoms with E-state index in [2.05, 4.69) is 47.9 Å². The predicted octanol–water partition coefficient (Wildman–Crippen LogP) is -0.886. The van der Waals surface area contributed by atoms with Crippen LogP contribution in [0.15, 0.2) is 60.7 Å². The Morgan fingerprint density at radius 3 is 1.12 bits per heavy atom. The van der Waals surface area contributed by atoms with Crippen LogP contribution in [0.25, 0.3) is 0 Å². The summed E-state index contributed by atoms with van der Waals surface area (Å²) in [5, 5.41) is 128. The fourth-order valence-electron chi connectivity index (χ4n) is 13.3. The van der Waals surface area contributed by atoms with Gasteiger partial charge in [-0.3, -0.25) is 107 Å². The summed E-state index contributed by atoms with van der Waals surface area (Å²) in [5.74, 6) is -24.1. The first-order valence-corrected chi connectivity index (χ1v) is 45.8. The summed E-state index contributed by atoms with van der Waals surface area (Å²) in [5.41, 5.74) is 0.974. The van der Waals surface area contributed by atoms with E-state index in [4.69, 9.17) is 5.11 Å². The summed E-state index contributed by atoms with van der Waals surface area (Å²) in [7, 11) is 0. The summed E-state index contributed by atoms with van der Waals surface area (Å²) in [6, 6.07) is -0.100. The van der Waals surface area contributed by atoms with E-state index in [1.54, 1.807) is 60.7 Å². The van der Waals surface area contributed by atoms with Crippen molar-refractivity contribution in [2.45, 2.75) is 260 Å². The number of carboxylic acids is 7. The standard InChI is InChI=1S/C86H127N17O33S/c1-53(104)101(134)42-21-7-17-37-87-65(105)31-33-69(109)102(135)43-22-8-18-38-88-66(106)32-34-70(110)103(136)44-23-9-19-39-89-67(107)36-45-100-71(111)51-64(81(100)125)137-52-63(84(130)131)97-80(124)62(50-75(118)119)96-79(123)61(49-74(116)117)95-78(122)60(48-73(114)115)94-77(121)59(47-55-26-12-6-13-27-55)93-76(120)58(46-54-24-10-5-11-25-54)92-68(108)29-14-3-2-4-16-40-90-85(132)91-41-20-15-28-56(82(126)127)98-86(133)99-57(83(128)129)30-35-72(112)113/h5-6,10-13,24-27,56-64,134-136H,2-4,7-9,14-23,28-52H2,1H3,(H,87,105)(H,88,106)(H,89,107)(H,92,108)(H,93,120)(H,94,121)(H,95,122)(H,96,123)(H,97,124)(H,112,113)(H,114,115)(H,116,117)(H,118,119)(H,126,127)(H,128,129)(H,130,131)(H2,90,91,132)(H2,98,99,133)/t56-,57-,58-,59-,60-,61-,62-,63-,64?/m0/s1. The van der Waals surface area contributed by atoms with Gasteiger partial charge in [0.15, 0.2) is 0 Å². The molecule has 2 aromatic rings. The number of carbonyl (C=O) groups is 23. The number of nitrogens with one attached hydrogen (secondary N) is 13. The molecule has 0 aliphatic carbocycles. The maximum absolute atomic E-state index is 14.5. The quantitative estimate of drug-likeness (QED) is 0.0165. The van der Waals surface area contributed by atoms with Crippen molar-refractivity contribution in [2.75, 3.05) is 64.7 Å². The minimum Gasteiger partial charge on any atom is -0.481 e. The fraction of sp³-hybridized carbons (Fsp3) is 0.593. The van der Waals surface area contributed by atoms with Crippen molar-refractivity contribution in [1.82, 2.24) is 89.2 Å². The minimum atomic E-state index is -2.30. The Morgan fingerprint density at radius 2 is 0.708 bits per heavy atom. The molecule has 9 atom stereocenters. The van der Waals surface area contributed by atoms with Gasteiger partial charge in [0, 0.05) is 136 Å². The smallest absolute Gasteiger partial charge is 0.327 e. The zero-order chi connectivity index (χ0) is 102. The Labute approximate surface area is 791 Å². The summed E-state index contributed by atoms with van der Waals surface area (Å²) in [6.07, 6.45) is 0.152. The molecule has 2 aromatic carbocycles. The molecule has 0 aromatic heterocycles. The van der Waals surface area contributed by atoms with Crippen molar-refractivity contribution >= 4 is 148 Å². The van der Waals surface area contributed by atoms with E-state index in [-0.39, 0.29) is 122 Å². The number of rotatable bonds is 72. The second kappa shape index (κ2) is 65.8. The van der Waals surface area contributed by atoms with E-state index < -0.39 is 235 Å². The van der Waals surface area contributed by atoms with Gasteiger partial charge in [0.2, 0.25) is 82.7 Å². The highest BCUT2D eigenvalue weighted by Crippen LogP contribution is 2.27. The van der Waals surface area contributed by atoms with Crippen molar-refractivity contribution in [3.8, 4) is 0 Å². The molecule has 1 aliphatic rings. The van der Waals surface area contributed by atoms with Crippen LogP contribution in [0.5, 0.6) is 0 Å². The Kier molecular flexibility index (Phi) is 56.4. The number of unbranched alkanes of at least 4 members (excludes halogenated alkanes) is 11. The number of thioether (sulfide) groups is 1. The van der Waals surface area contributed by atoms with Crippen LogP contribution in [0.4, 0.5) is 9.59 Å². The summed E-state index contributed by atoms with van der Waals surface area (Å²) < 4.78 is 0. The second-order valence-corrected chi connectivity index (χ2v) is 33.3. The lowest BCUT2D eigenvalue weighted by atomic mass is 10.0.